The molecule has 0 radical (unpaired) electrons. The van der Waals surface area contributed by atoms with Gasteiger partial charge in [-0.15, -0.1) is 0 Å². The molecule has 0 spiro atoms. The molecule has 0 bridgehead atoms. The number of hydrogen-bond acceptors (Lipinski definition) is 1. The van der Waals surface area contributed by atoms with Gasteiger partial charge < -0.3 is 10.2 Å². The van der Waals surface area contributed by atoms with Gasteiger partial charge in [0.05, 0.1) is 0 Å². The summed E-state index contributed by atoms with van der Waals surface area (Å²) >= 11 is 5.43. The van der Waals surface area contributed by atoms with Crippen molar-refractivity contribution < 1.29 is 0 Å². The number of fused-ring (bicyclic) bond motifs is 1. The van der Waals surface area contributed by atoms with Crippen LogP contribution in [0.25, 0.3) is 0 Å². The summed E-state index contributed by atoms with van der Waals surface area (Å²) in [5, 5.41) is 4.32. The Bertz CT molecular complexity index is 226. The van der Waals surface area contributed by atoms with Gasteiger partial charge in [0.1, 0.15) is 0 Å². The molecular formula is C12H22N2S. The number of rotatable bonds is 1. The second kappa shape index (κ2) is 4.69. The Morgan fingerprint density at radius 1 is 1.20 bits per heavy atom. The van der Waals surface area contributed by atoms with Gasteiger partial charge in [-0.3, -0.25) is 0 Å². The van der Waals surface area contributed by atoms with E-state index in [4.69, 9.17) is 12.2 Å². The van der Waals surface area contributed by atoms with E-state index in [1.54, 1.807) is 0 Å². The van der Waals surface area contributed by atoms with Crippen LogP contribution in [-0.4, -0.2) is 29.1 Å². The number of nitrogens with one attached hydrogen (secondary N) is 1. The number of likely N-dealkylation sites (tertiary alicyclic amines) is 1. The van der Waals surface area contributed by atoms with Crippen LogP contribution >= 0.6 is 12.2 Å². The van der Waals surface area contributed by atoms with Crippen molar-refractivity contribution in [3.8, 4) is 0 Å². The summed E-state index contributed by atoms with van der Waals surface area (Å²) in [6, 6.07) is 0.458. The maximum Gasteiger partial charge on any atom is 0.169 e. The lowest BCUT2D eigenvalue weighted by Crippen LogP contribution is -2.41. The topological polar surface area (TPSA) is 15.3 Å². The smallest absolute Gasteiger partial charge is 0.169 e. The van der Waals surface area contributed by atoms with E-state index in [1.165, 1.54) is 38.8 Å². The first-order chi connectivity index (χ1) is 7.16. The highest BCUT2D eigenvalue weighted by atomic mass is 32.1. The molecule has 2 unspecified atom stereocenters. The Balaban J connectivity index is 1.88. The summed E-state index contributed by atoms with van der Waals surface area (Å²) in [6.45, 7) is 6.69. The minimum absolute atomic E-state index is 0.458. The third kappa shape index (κ3) is 2.63. The molecule has 0 amide bonds. The summed E-state index contributed by atoms with van der Waals surface area (Å²) in [5.41, 5.74) is 0. The zero-order valence-corrected chi connectivity index (χ0v) is 10.6. The normalized spacial score (nSPS) is 30.5. The van der Waals surface area contributed by atoms with Crippen LogP contribution in [0.4, 0.5) is 0 Å². The van der Waals surface area contributed by atoms with Gasteiger partial charge in [0, 0.05) is 19.1 Å². The molecule has 1 aliphatic heterocycles. The van der Waals surface area contributed by atoms with Gasteiger partial charge in [0.15, 0.2) is 5.11 Å². The van der Waals surface area contributed by atoms with E-state index in [0.717, 1.165) is 16.9 Å². The molecule has 1 saturated heterocycles. The van der Waals surface area contributed by atoms with Gasteiger partial charge in [-0.05, 0) is 50.7 Å². The monoisotopic (exact) mass is 226 g/mol. The maximum absolute atomic E-state index is 5.43. The van der Waals surface area contributed by atoms with Crippen molar-refractivity contribution in [3.05, 3.63) is 0 Å². The van der Waals surface area contributed by atoms with Gasteiger partial charge in [0.2, 0.25) is 0 Å². The molecule has 86 valence electrons. The number of hydrogen-bond donors (Lipinski definition) is 1. The van der Waals surface area contributed by atoms with Crippen LogP contribution in [0.1, 0.15) is 39.5 Å². The van der Waals surface area contributed by atoms with Crippen LogP contribution < -0.4 is 5.32 Å². The third-order valence-electron chi connectivity index (χ3n) is 3.68. The summed E-state index contributed by atoms with van der Waals surface area (Å²) in [4.78, 5) is 2.38. The van der Waals surface area contributed by atoms with Crippen LogP contribution in [0.3, 0.4) is 0 Å². The van der Waals surface area contributed by atoms with Crippen molar-refractivity contribution in [1.29, 1.82) is 0 Å². The van der Waals surface area contributed by atoms with Gasteiger partial charge in [0.25, 0.3) is 0 Å². The van der Waals surface area contributed by atoms with Crippen molar-refractivity contribution in [1.82, 2.24) is 10.2 Å². The number of thiocarbonyl (C=S) groups is 1. The lowest BCUT2D eigenvalue weighted by atomic mass is 9.82. The fourth-order valence-corrected chi connectivity index (χ4v) is 3.29. The van der Waals surface area contributed by atoms with E-state index in [-0.39, 0.29) is 0 Å². The van der Waals surface area contributed by atoms with E-state index in [0.29, 0.717) is 6.04 Å². The zero-order chi connectivity index (χ0) is 10.8. The lowest BCUT2D eigenvalue weighted by Gasteiger charge is -2.22. The quantitative estimate of drug-likeness (QED) is 0.691. The van der Waals surface area contributed by atoms with Crippen LogP contribution in [0, 0.1) is 11.8 Å². The van der Waals surface area contributed by atoms with Crippen LogP contribution in [-0.2, 0) is 0 Å². The molecule has 1 aliphatic carbocycles. The average molecular weight is 226 g/mol. The summed E-state index contributed by atoms with van der Waals surface area (Å²) in [6.07, 6.45) is 5.70. The van der Waals surface area contributed by atoms with E-state index < -0.39 is 0 Å². The fraction of sp³-hybridized carbons (Fsp3) is 0.917. The summed E-state index contributed by atoms with van der Waals surface area (Å²) in [7, 11) is 0. The lowest BCUT2D eigenvalue weighted by molar-refractivity contribution is 0.299. The minimum atomic E-state index is 0.458. The summed E-state index contributed by atoms with van der Waals surface area (Å²) in [5.74, 6) is 1.84. The number of nitrogens with zero attached hydrogens (tertiary/aromatic N) is 1. The van der Waals surface area contributed by atoms with Crippen molar-refractivity contribution in [2.75, 3.05) is 13.1 Å². The first-order valence-electron chi connectivity index (χ1n) is 6.22. The van der Waals surface area contributed by atoms with E-state index >= 15 is 0 Å². The second-order valence-electron chi connectivity index (χ2n) is 5.31. The fourth-order valence-electron chi connectivity index (χ4n) is 2.91. The standard InChI is InChI=1S/C12H22N2S/c1-9(2)13-12(15)14-7-10-5-3-4-6-11(10)8-14/h9-11H,3-8H2,1-2H3,(H,13,15). The van der Waals surface area contributed by atoms with Gasteiger partial charge in [-0.1, -0.05) is 12.8 Å². The van der Waals surface area contributed by atoms with Gasteiger partial charge in [-0.2, -0.15) is 0 Å². The molecule has 0 aromatic heterocycles. The predicted molar refractivity (Wildman–Crippen MR) is 67.9 cm³/mol. The van der Waals surface area contributed by atoms with Crippen molar-refractivity contribution in [3.63, 3.8) is 0 Å². The second-order valence-corrected chi connectivity index (χ2v) is 5.70. The van der Waals surface area contributed by atoms with Crippen LogP contribution in [0.5, 0.6) is 0 Å². The molecule has 2 atom stereocenters. The molecule has 2 nitrogen and oxygen atoms in total. The first-order valence-corrected chi connectivity index (χ1v) is 6.63. The molecule has 15 heavy (non-hydrogen) atoms. The predicted octanol–water partition coefficient (Wildman–Crippen LogP) is 2.39. The van der Waals surface area contributed by atoms with E-state index in [9.17, 15) is 0 Å². The van der Waals surface area contributed by atoms with E-state index in [1.807, 2.05) is 0 Å². The van der Waals surface area contributed by atoms with E-state index in [2.05, 4.69) is 24.1 Å². The molecule has 3 heteroatoms. The molecule has 2 aliphatic rings. The average Bonchev–Trinajstić information content (AvgIpc) is 2.59. The Kier molecular flexibility index (Phi) is 3.49. The molecule has 1 heterocycles. The van der Waals surface area contributed by atoms with Crippen molar-refractivity contribution in [2.24, 2.45) is 11.8 Å². The molecule has 1 N–H and O–H groups in total. The highest BCUT2D eigenvalue weighted by Crippen LogP contribution is 2.35. The Morgan fingerprint density at radius 2 is 1.73 bits per heavy atom. The third-order valence-corrected chi connectivity index (χ3v) is 4.05. The van der Waals surface area contributed by atoms with Crippen molar-refractivity contribution >= 4 is 17.3 Å². The maximum atomic E-state index is 5.43. The molecule has 2 rings (SSSR count). The van der Waals surface area contributed by atoms with Crippen LogP contribution in [0.2, 0.25) is 0 Å². The molecule has 0 aromatic rings. The largest absolute Gasteiger partial charge is 0.360 e. The highest BCUT2D eigenvalue weighted by molar-refractivity contribution is 7.80. The Hall–Kier alpha value is -0.310. The summed E-state index contributed by atoms with van der Waals surface area (Å²) < 4.78 is 0. The Labute approximate surface area is 98.4 Å². The highest BCUT2D eigenvalue weighted by Gasteiger charge is 2.35. The molecule has 0 aromatic carbocycles. The zero-order valence-electron chi connectivity index (χ0n) is 9.83. The van der Waals surface area contributed by atoms with Crippen molar-refractivity contribution in [2.45, 2.75) is 45.6 Å². The Morgan fingerprint density at radius 3 is 2.20 bits per heavy atom. The van der Waals surface area contributed by atoms with Gasteiger partial charge in [-0.25, -0.2) is 0 Å². The van der Waals surface area contributed by atoms with Crippen LogP contribution in [0.15, 0.2) is 0 Å². The molecule has 1 saturated carbocycles. The SMILES string of the molecule is CC(C)NC(=S)N1CC2CCCCC2C1. The first kappa shape index (κ1) is 11.2. The molecule has 2 fully saturated rings. The molecular weight excluding hydrogens is 204 g/mol. The van der Waals surface area contributed by atoms with Gasteiger partial charge >= 0.3 is 0 Å². The minimum Gasteiger partial charge on any atom is -0.360 e.